The minimum atomic E-state index is -0.271. The minimum Gasteiger partial charge on any atom is -0.497 e. The van der Waals surface area contributed by atoms with Gasteiger partial charge in [0.05, 0.1) is 7.11 Å². The van der Waals surface area contributed by atoms with Crippen LogP contribution in [0.4, 0.5) is 21.9 Å². The van der Waals surface area contributed by atoms with Gasteiger partial charge in [0, 0.05) is 36.2 Å². The number of carbonyl (C=O) groups excluding carboxylic acids is 1. The highest BCUT2D eigenvalue weighted by Crippen LogP contribution is 2.24. The van der Waals surface area contributed by atoms with E-state index in [1.165, 1.54) is 18.5 Å². The summed E-state index contributed by atoms with van der Waals surface area (Å²) in [5, 5.41) is 5.66. The number of amides is 2. The second kappa shape index (κ2) is 7.92. The molecule has 0 spiro atoms. The quantitative estimate of drug-likeness (QED) is 0.857. The van der Waals surface area contributed by atoms with Crippen LogP contribution in [0.1, 0.15) is 19.8 Å². The number of urea groups is 1. The largest absolute Gasteiger partial charge is 0.497 e. The maximum absolute atomic E-state index is 12.1. The van der Waals surface area contributed by atoms with Gasteiger partial charge < -0.3 is 20.3 Å². The van der Waals surface area contributed by atoms with Crippen molar-refractivity contribution in [2.75, 3.05) is 35.7 Å². The molecule has 0 radical (unpaired) electrons. The van der Waals surface area contributed by atoms with Crippen molar-refractivity contribution in [1.29, 1.82) is 0 Å². The number of piperidine rings is 1. The van der Waals surface area contributed by atoms with Crippen molar-refractivity contribution < 1.29 is 9.53 Å². The van der Waals surface area contributed by atoms with Crippen LogP contribution in [-0.2, 0) is 0 Å². The molecule has 5 nitrogen and oxygen atoms in total. The van der Waals surface area contributed by atoms with Crippen LogP contribution < -0.4 is 20.3 Å². The highest BCUT2D eigenvalue weighted by molar-refractivity contribution is 5.99. The third kappa shape index (κ3) is 4.66. The Labute approximate surface area is 149 Å². The number of hydrogen-bond acceptors (Lipinski definition) is 3. The maximum Gasteiger partial charge on any atom is 0.323 e. The lowest BCUT2D eigenvalue weighted by Crippen LogP contribution is -2.32. The van der Waals surface area contributed by atoms with Gasteiger partial charge in [-0.3, -0.25) is 0 Å². The highest BCUT2D eigenvalue weighted by Gasteiger charge is 2.15. The Bertz CT molecular complexity index is 707. The van der Waals surface area contributed by atoms with E-state index < -0.39 is 0 Å². The molecule has 0 atom stereocenters. The zero-order valence-electron chi connectivity index (χ0n) is 14.8. The van der Waals surface area contributed by atoms with E-state index >= 15 is 0 Å². The van der Waals surface area contributed by atoms with Crippen molar-refractivity contribution in [3.05, 3.63) is 48.5 Å². The molecular weight excluding hydrogens is 314 g/mol. The van der Waals surface area contributed by atoms with Gasteiger partial charge in [0.1, 0.15) is 5.75 Å². The number of nitrogens with one attached hydrogen (secondary N) is 2. The van der Waals surface area contributed by atoms with Gasteiger partial charge in [0.25, 0.3) is 0 Å². The number of carbonyl (C=O) groups is 1. The molecule has 1 saturated heterocycles. The highest BCUT2D eigenvalue weighted by atomic mass is 16.5. The Balaban J connectivity index is 1.56. The summed E-state index contributed by atoms with van der Waals surface area (Å²) in [5.41, 5.74) is 2.68. The van der Waals surface area contributed by atoms with Crippen LogP contribution in [-0.4, -0.2) is 26.2 Å². The fourth-order valence-electron chi connectivity index (χ4n) is 3.02. The molecule has 132 valence electrons. The van der Waals surface area contributed by atoms with E-state index in [9.17, 15) is 4.79 Å². The van der Waals surface area contributed by atoms with Crippen LogP contribution in [0.5, 0.6) is 5.75 Å². The van der Waals surface area contributed by atoms with E-state index in [0.717, 1.165) is 24.7 Å². The molecule has 0 aromatic heterocycles. The van der Waals surface area contributed by atoms with E-state index in [4.69, 9.17) is 4.74 Å². The summed E-state index contributed by atoms with van der Waals surface area (Å²) < 4.78 is 5.16. The molecule has 1 heterocycles. The molecule has 0 unspecified atom stereocenters. The first-order valence-corrected chi connectivity index (χ1v) is 8.71. The number of anilines is 3. The summed E-state index contributed by atoms with van der Waals surface area (Å²) in [7, 11) is 1.60. The molecule has 3 rings (SSSR count). The van der Waals surface area contributed by atoms with Crippen molar-refractivity contribution in [3.63, 3.8) is 0 Å². The van der Waals surface area contributed by atoms with E-state index in [1.54, 1.807) is 13.2 Å². The molecule has 5 heteroatoms. The van der Waals surface area contributed by atoms with Crippen LogP contribution in [0, 0.1) is 5.92 Å². The molecule has 2 aromatic carbocycles. The first-order valence-electron chi connectivity index (χ1n) is 8.71. The van der Waals surface area contributed by atoms with Crippen molar-refractivity contribution in [2.45, 2.75) is 19.8 Å². The molecule has 25 heavy (non-hydrogen) atoms. The number of methoxy groups -OCH3 is 1. The van der Waals surface area contributed by atoms with Gasteiger partial charge >= 0.3 is 6.03 Å². The normalized spacial score (nSPS) is 14.9. The summed E-state index contributed by atoms with van der Waals surface area (Å²) in [6.45, 7) is 4.51. The van der Waals surface area contributed by atoms with Crippen molar-refractivity contribution in [3.8, 4) is 5.75 Å². The summed E-state index contributed by atoms with van der Waals surface area (Å²) >= 11 is 0. The molecule has 1 fully saturated rings. The predicted octanol–water partition coefficient (Wildman–Crippen LogP) is 4.58. The van der Waals surface area contributed by atoms with E-state index in [2.05, 4.69) is 34.6 Å². The summed E-state index contributed by atoms with van der Waals surface area (Å²) in [6, 6.07) is 15.0. The number of benzene rings is 2. The Hall–Kier alpha value is -2.69. The van der Waals surface area contributed by atoms with Crippen molar-refractivity contribution >= 4 is 23.1 Å². The molecule has 1 aliphatic rings. The molecule has 2 amide bonds. The van der Waals surface area contributed by atoms with Gasteiger partial charge in [-0.1, -0.05) is 13.0 Å². The van der Waals surface area contributed by atoms with Crippen LogP contribution >= 0.6 is 0 Å². The number of ether oxygens (including phenoxy) is 1. The Morgan fingerprint density at radius 2 is 1.72 bits per heavy atom. The molecule has 0 saturated carbocycles. The predicted molar refractivity (Wildman–Crippen MR) is 103 cm³/mol. The topological polar surface area (TPSA) is 53.6 Å². The monoisotopic (exact) mass is 339 g/mol. The molecule has 1 aliphatic heterocycles. The smallest absolute Gasteiger partial charge is 0.323 e. The van der Waals surface area contributed by atoms with E-state index in [1.807, 2.05) is 30.3 Å². The van der Waals surface area contributed by atoms with Gasteiger partial charge in [-0.25, -0.2) is 4.79 Å². The van der Waals surface area contributed by atoms with Gasteiger partial charge in [-0.15, -0.1) is 0 Å². The average Bonchev–Trinajstić information content (AvgIpc) is 2.63. The SMILES string of the molecule is COc1cccc(NC(=O)Nc2ccc(N3CCC(C)CC3)cc2)c1. The fourth-order valence-corrected chi connectivity index (χ4v) is 3.02. The Morgan fingerprint density at radius 3 is 2.40 bits per heavy atom. The second-order valence-electron chi connectivity index (χ2n) is 6.53. The van der Waals surface area contributed by atoms with E-state index in [-0.39, 0.29) is 6.03 Å². The third-order valence-corrected chi connectivity index (χ3v) is 4.60. The lowest BCUT2D eigenvalue weighted by Gasteiger charge is -2.32. The van der Waals surface area contributed by atoms with E-state index in [0.29, 0.717) is 11.4 Å². The zero-order valence-corrected chi connectivity index (χ0v) is 14.8. The Morgan fingerprint density at radius 1 is 1.04 bits per heavy atom. The van der Waals surface area contributed by atoms with Gasteiger partial charge in [0.2, 0.25) is 0 Å². The minimum absolute atomic E-state index is 0.271. The number of rotatable bonds is 4. The Kier molecular flexibility index (Phi) is 5.43. The van der Waals surface area contributed by atoms with Crippen LogP contribution in [0.3, 0.4) is 0 Å². The first-order chi connectivity index (χ1) is 12.1. The lowest BCUT2D eigenvalue weighted by atomic mass is 9.99. The van der Waals surface area contributed by atoms with Crippen LogP contribution in [0.15, 0.2) is 48.5 Å². The lowest BCUT2D eigenvalue weighted by molar-refractivity contribution is 0.262. The molecule has 2 aromatic rings. The van der Waals surface area contributed by atoms with Gasteiger partial charge in [0.15, 0.2) is 0 Å². The third-order valence-electron chi connectivity index (χ3n) is 4.60. The maximum atomic E-state index is 12.1. The molecular formula is C20H25N3O2. The van der Waals surface area contributed by atoms with Crippen molar-refractivity contribution in [2.24, 2.45) is 5.92 Å². The number of hydrogen-bond donors (Lipinski definition) is 2. The summed E-state index contributed by atoms with van der Waals surface area (Å²) in [5.74, 6) is 1.52. The first kappa shape index (κ1) is 17.1. The van der Waals surface area contributed by atoms with Crippen molar-refractivity contribution in [1.82, 2.24) is 0 Å². The van der Waals surface area contributed by atoms with Gasteiger partial charge in [-0.05, 0) is 55.2 Å². The van der Waals surface area contributed by atoms with Crippen LogP contribution in [0.2, 0.25) is 0 Å². The molecule has 2 N–H and O–H groups in total. The van der Waals surface area contributed by atoms with Gasteiger partial charge in [-0.2, -0.15) is 0 Å². The summed E-state index contributed by atoms with van der Waals surface area (Å²) in [6.07, 6.45) is 2.48. The van der Waals surface area contributed by atoms with Crippen LogP contribution in [0.25, 0.3) is 0 Å². The molecule has 0 bridgehead atoms. The summed E-state index contributed by atoms with van der Waals surface area (Å²) in [4.78, 5) is 14.5. The second-order valence-corrected chi connectivity index (χ2v) is 6.53. The fraction of sp³-hybridized carbons (Fsp3) is 0.350. The zero-order chi connectivity index (χ0) is 17.6. The average molecular weight is 339 g/mol. The standard InChI is InChI=1S/C20H25N3O2/c1-15-10-12-23(13-11-15)18-8-6-16(7-9-18)21-20(24)22-17-4-3-5-19(14-17)25-2/h3-9,14-15H,10-13H2,1-2H3,(H2,21,22,24). The molecule has 0 aliphatic carbocycles. The number of nitrogens with zero attached hydrogens (tertiary/aromatic N) is 1.